The molecule has 0 spiro atoms. The van der Waals surface area contributed by atoms with Gasteiger partial charge in [0.25, 0.3) is 0 Å². The van der Waals surface area contributed by atoms with Crippen molar-refractivity contribution < 1.29 is 4.79 Å². The van der Waals surface area contributed by atoms with E-state index in [0.29, 0.717) is 0 Å². The molecule has 3 heteroatoms. The zero-order valence-corrected chi connectivity index (χ0v) is 10.6. The predicted octanol–water partition coefficient (Wildman–Crippen LogP) is 3.04. The van der Waals surface area contributed by atoms with Gasteiger partial charge in [-0.05, 0) is 18.9 Å². The largest absolute Gasteiger partial charge is 0.349 e. The molecular formula is C12H16BrNO. The summed E-state index contributed by atoms with van der Waals surface area (Å²) in [6, 6.07) is 10.0. The molecule has 0 fully saturated rings. The average molecular weight is 270 g/mol. The molecule has 1 unspecified atom stereocenters. The molecule has 1 rings (SSSR count). The molecule has 1 N–H and O–H groups in total. The van der Waals surface area contributed by atoms with Gasteiger partial charge in [0.05, 0.1) is 10.9 Å². The van der Waals surface area contributed by atoms with Crippen molar-refractivity contribution in [2.24, 2.45) is 0 Å². The van der Waals surface area contributed by atoms with E-state index in [1.165, 1.54) is 0 Å². The van der Waals surface area contributed by atoms with Gasteiger partial charge in [-0.3, -0.25) is 4.79 Å². The van der Waals surface area contributed by atoms with Gasteiger partial charge in [0.1, 0.15) is 0 Å². The first-order valence-corrected chi connectivity index (χ1v) is 6.06. The minimum Gasteiger partial charge on any atom is -0.349 e. The molecule has 1 amide bonds. The van der Waals surface area contributed by atoms with Gasteiger partial charge in [-0.15, -0.1) is 0 Å². The van der Waals surface area contributed by atoms with Crippen molar-refractivity contribution in [3.63, 3.8) is 0 Å². The minimum atomic E-state index is -0.0938. The summed E-state index contributed by atoms with van der Waals surface area (Å²) in [7, 11) is 0. The van der Waals surface area contributed by atoms with Gasteiger partial charge in [-0.1, -0.05) is 53.2 Å². The van der Waals surface area contributed by atoms with Gasteiger partial charge in [-0.2, -0.15) is 0 Å². The summed E-state index contributed by atoms with van der Waals surface area (Å²) in [5.74, 6) is 0.0499. The Bertz CT molecular complexity index is 313. The lowest BCUT2D eigenvalue weighted by Crippen LogP contribution is -2.32. The standard InChI is InChI=1S/C12H16BrNO/c1-3-11(13)12(15)14-9(2)10-7-5-4-6-8-10/h4-9,11H,3H2,1-2H3,(H,14,15)/t9-,11?/m1/s1. The second kappa shape index (κ2) is 5.91. The van der Waals surface area contributed by atoms with Gasteiger partial charge >= 0.3 is 0 Å². The number of amides is 1. The maximum Gasteiger partial charge on any atom is 0.234 e. The van der Waals surface area contributed by atoms with Crippen molar-refractivity contribution in [3.05, 3.63) is 35.9 Å². The molecule has 15 heavy (non-hydrogen) atoms. The van der Waals surface area contributed by atoms with E-state index in [9.17, 15) is 4.79 Å². The molecule has 0 bridgehead atoms. The molecule has 0 saturated carbocycles. The van der Waals surface area contributed by atoms with Crippen LogP contribution < -0.4 is 5.32 Å². The SMILES string of the molecule is CCC(Br)C(=O)N[C@H](C)c1ccccc1. The third-order valence-corrected chi connectivity index (χ3v) is 3.36. The van der Waals surface area contributed by atoms with Crippen LogP contribution in [0.5, 0.6) is 0 Å². The summed E-state index contributed by atoms with van der Waals surface area (Å²) in [5.41, 5.74) is 1.13. The summed E-state index contributed by atoms with van der Waals surface area (Å²) in [6.45, 7) is 3.97. The highest BCUT2D eigenvalue weighted by molar-refractivity contribution is 9.10. The van der Waals surface area contributed by atoms with Crippen LogP contribution in [-0.4, -0.2) is 10.7 Å². The van der Waals surface area contributed by atoms with E-state index < -0.39 is 0 Å². The topological polar surface area (TPSA) is 29.1 Å². The number of carbonyl (C=O) groups is 1. The summed E-state index contributed by atoms with van der Waals surface area (Å²) in [6.07, 6.45) is 0.799. The van der Waals surface area contributed by atoms with Crippen molar-refractivity contribution in [3.8, 4) is 0 Å². The zero-order chi connectivity index (χ0) is 11.3. The van der Waals surface area contributed by atoms with Gasteiger partial charge in [-0.25, -0.2) is 0 Å². The Morgan fingerprint density at radius 3 is 2.53 bits per heavy atom. The highest BCUT2D eigenvalue weighted by atomic mass is 79.9. The lowest BCUT2D eigenvalue weighted by molar-refractivity contribution is -0.121. The maximum atomic E-state index is 11.6. The van der Waals surface area contributed by atoms with Gasteiger partial charge in [0.2, 0.25) is 5.91 Å². The maximum absolute atomic E-state index is 11.6. The second-order valence-electron chi connectivity index (χ2n) is 3.52. The Kier molecular flexibility index (Phi) is 4.82. The number of halogens is 1. The highest BCUT2D eigenvalue weighted by Gasteiger charge is 2.15. The molecule has 1 aromatic rings. The molecule has 0 aliphatic heterocycles. The normalized spacial score (nSPS) is 14.3. The van der Waals surface area contributed by atoms with Crippen LogP contribution >= 0.6 is 15.9 Å². The lowest BCUT2D eigenvalue weighted by Gasteiger charge is -2.16. The molecule has 1 aromatic carbocycles. The first kappa shape index (κ1) is 12.2. The molecule has 2 atom stereocenters. The van der Waals surface area contributed by atoms with E-state index in [4.69, 9.17) is 0 Å². The Labute approximate surface area is 99.2 Å². The molecule has 0 aromatic heterocycles. The average Bonchev–Trinajstić information content (AvgIpc) is 2.29. The number of alkyl halides is 1. The first-order chi connectivity index (χ1) is 7.15. The van der Waals surface area contributed by atoms with Crippen molar-refractivity contribution >= 4 is 21.8 Å². The smallest absolute Gasteiger partial charge is 0.234 e. The number of rotatable bonds is 4. The van der Waals surface area contributed by atoms with E-state index in [0.717, 1.165) is 12.0 Å². The number of hydrogen-bond donors (Lipinski definition) is 1. The fraction of sp³-hybridized carbons (Fsp3) is 0.417. The summed E-state index contributed by atoms with van der Waals surface area (Å²) < 4.78 is 0. The van der Waals surface area contributed by atoms with E-state index in [1.807, 2.05) is 44.2 Å². The molecule has 82 valence electrons. The molecule has 0 heterocycles. The van der Waals surface area contributed by atoms with E-state index >= 15 is 0 Å². The molecule has 0 aliphatic rings. The summed E-state index contributed by atoms with van der Waals surface area (Å²) in [5, 5.41) is 2.96. The van der Waals surface area contributed by atoms with E-state index in [-0.39, 0.29) is 16.8 Å². The van der Waals surface area contributed by atoms with Crippen LogP contribution in [-0.2, 0) is 4.79 Å². The number of benzene rings is 1. The summed E-state index contributed by atoms with van der Waals surface area (Å²) >= 11 is 3.33. The third-order valence-electron chi connectivity index (χ3n) is 2.30. The molecule has 2 nitrogen and oxygen atoms in total. The Morgan fingerprint density at radius 1 is 1.40 bits per heavy atom. The number of carbonyl (C=O) groups excluding carboxylic acids is 1. The van der Waals surface area contributed by atoms with Crippen LogP contribution in [0.15, 0.2) is 30.3 Å². The number of nitrogens with one attached hydrogen (secondary N) is 1. The quantitative estimate of drug-likeness (QED) is 0.837. The summed E-state index contributed by atoms with van der Waals surface area (Å²) in [4.78, 5) is 11.5. The van der Waals surface area contributed by atoms with Gasteiger partial charge < -0.3 is 5.32 Å². The van der Waals surface area contributed by atoms with Crippen LogP contribution in [0.25, 0.3) is 0 Å². The lowest BCUT2D eigenvalue weighted by atomic mass is 10.1. The van der Waals surface area contributed by atoms with Crippen molar-refractivity contribution in [1.29, 1.82) is 0 Å². The molecule has 0 aliphatic carbocycles. The first-order valence-electron chi connectivity index (χ1n) is 5.14. The fourth-order valence-electron chi connectivity index (χ4n) is 1.31. The molecular weight excluding hydrogens is 254 g/mol. The molecule has 0 saturated heterocycles. The van der Waals surface area contributed by atoms with Crippen molar-refractivity contribution in [2.75, 3.05) is 0 Å². The van der Waals surface area contributed by atoms with Gasteiger partial charge in [0, 0.05) is 0 Å². The minimum absolute atomic E-state index is 0.0499. The third kappa shape index (κ3) is 3.67. The van der Waals surface area contributed by atoms with Crippen LogP contribution in [0, 0.1) is 0 Å². The number of hydrogen-bond acceptors (Lipinski definition) is 1. The monoisotopic (exact) mass is 269 g/mol. The van der Waals surface area contributed by atoms with Gasteiger partial charge in [0.15, 0.2) is 0 Å². The van der Waals surface area contributed by atoms with Crippen molar-refractivity contribution in [2.45, 2.75) is 31.1 Å². The Hall–Kier alpha value is -0.830. The van der Waals surface area contributed by atoms with Crippen LogP contribution in [0.4, 0.5) is 0 Å². The fourth-order valence-corrected chi connectivity index (χ4v) is 1.45. The highest BCUT2D eigenvalue weighted by Crippen LogP contribution is 2.13. The second-order valence-corrected chi connectivity index (χ2v) is 4.62. The van der Waals surface area contributed by atoms with Crippen LogP contribution in [0.2, 0.25) is 0 Å². The Balaban J connectivity index is 2.56. The van der Waals surface area contributed by atoms with Crippen LogP contribution in [0.3, 0.4) is 0 Å². The van der Waals surface area contributed by atoms with E-state index in [2.05, 4.69) is 21.2 Å². The molecule has 0 radical (unpaired) electrons. The zero-order valence-electron chi connectivity index (χ0n) is 9.03. The predicted molar refractivity (Wildman–Crippen MR) is 66.0 cm³/mol. The van der Waals surface area contributed by atoms with Crippen molar-refractivity contribution in [1.82, 2.24) is 5.32 Å². The Morgan fingerprint density at radius 2 is 2.00 bits per heavy atom. The van der Waals surface area contributed by atoms with Crippen LogP contribution in [0.1, 0.15) is 31.9 Å². The van der Waals surface area contributed by atoms with E-state index in [1.54, 1.807) is 0 Å².